The maximum atomic E-state index is 10.0. The van der Waals surface area contributed by atoms with Gasteiger partial charge in [0.2, 0.25) is 0 Å². The molecular weight excluding hydrogens is 226 g/mol. The first-order valence-corrected chi connectivity index (χ1v) is 6.50. The Hall–Kier alpha value is -1.68. The summed E-state index contributed by atoms with van der Waals surface area (Å²) in [6, 6.07) is 10.1. The van der Waals surface area contributed by atoms with Gasteiger partial charge in [0.05, 0.1) is 18.3 Å². The molecule has 1 aromatic heterocycles. The molecule has 0 saturated heterocycles. The SMILES string of the molecule is O[C@@H]1CCCC[C@H]1n1cc(-c2ccccc2)nn1. The van der Waals surface area contributed by atoms with Crippen LogP contribution in [0, 0.1) is 0 Å². The quantitative estimate of drug-likeness (QED) is 0.881. The first kappa shape index (κ1) is 11.4. The van der Waals surface area contributed by atoms with Gasteiger partial charge in [-0.25, -0.2) is 4.68 Å². The van der Waals surface area contributed by atoms with Gasteiger partial charge in [0.25, 0.3) is 0 Å². The van der Waals surface area contributed by atoms with Gasteiger partial charge in [0.15, 0.2) is 0 Å². The highest BCUT2D eigenvalue weighted by Crippen LogP contribution is 2.28. The fourth-order valence-electron chi connectivity index (χ4n) is 2.58. The summed E-state index contributed by atoms with van der Waals surface area (Å²) < 4.78 is 1.83. The second kappa shape index (κ2) is 4.90. The summed E-state index contributed by atoms with van der Waals surface area (Å²) in [4.78, 5) is 0. The van der Waals surface area contributed by atoms with Gasteiger partial charge in [-0.3, -0.25) is 0 Å². The average Bonchev–Trinajstić information content (AvgIpc) is 2.90. The Kier molecular flexibility index (Phi) is 3.11. The molecule has 3 rings (SSSR count). The van der Waals surface area contributed by atoms with Crippen molar-refractivity contribution in [3.63, 3.8) is 0 Å². The third-order valence-electron chi connectivity index (χ3n) is 3.61. The number of hydrogen-bond donors (Lipinski definition) is 1. The third kappa shape index (κ3) is 2.16. The van der Waals surface area contributed by atoms with Gasteiger partial charge in [0, 0.05) is 5.56 Å². The standard InChI is InChI=1S/C14H17N3O/c18-14-9-5-4-8-13(14)17-10-12(15-16-17)11-6-2-1-3-7-11/h1-3,6-7,10,13-14,18H,4-5,8-9H2/t13-,14-/m1/s1. The maximum Gasteiger partial charge on any atom is 0.113 e. The molecule has 0 aliphatic heterocycles. The second-order valence-corrected chi connectivity index (χ2v) is 4.87. The Morgan fingerprint density at radius 1 is 1.11 bits per heavy atom. The molecule has 1 fully saturated rings. The molecule has 4 heteroatoms. The Labute approximate surface area is 106 Å². The average molecular weight is 243 g/mol. The van der Waals surface area contributed by atoms with E-state index in [4.69, 9.17) is 0 Å². The van der Waals surface area contributed by atoms with Crippen molar-refractivity contribution >= 4 is 0 Å². The van der Waals surface area contributed by atoms with Crippen LogP contribution in [0.1, 0.15) is 31.7 Å². The number of aliphatic hydroxyl groups excluding tert-OH is 1. The van der Waals surface area contributed by atoms with E-state index in [0.717, 1.165) is 36.9 Å². The monoisotopic (exact) mass is 243 g/mol. The maximum absolute atomic E-state index is 10.0. The van der Waals surface area contributed by atoms with Gasteiger partial charge in [-0.15, -0.1) is 5.10 Å². The fourth-order valence-corrected chi connectivity index (χ4v) is 2.58. The summed E-state index contributed by atoms with van der Waals surface area (Å²) in [5.74, 6) is 0. The summed E-state index contributed by atoms with van der Waals surface area (Å²) >= 11 is 0. The lowest BCUT2D eigenvalue weighted by atomic mass is 9.93. The van der Waals surface area contributed by atoms with Crippen molar-refractivity contribution in [2.24, 2.45) is 0 Å². The minimum atomic E-state index is -0.288. The molecule has 94 valence electrons. The number of aliphatic hydroxyl groups is 1. The molecule has 1 aliphatic rings. The predicted octanol–water partition coefficient (Wildman–Crippen LogP) is 2.42. The van der Waals surface area contributed by atoms with Crippen molar-refractivity contribution in [3.05, 3.63) is 36.5 Å². The lowest BCUT2D eigenvalue weighted by Gasteiger charge is -2.27. The Balaban J connectivity index is 1.85. The molecular formula is C14H17N3O. The Morgan fingerprint density at radius 2 is 1.89 bits per heavy atom. The molecule has 4 nitrogen and oxygen atoms in total. The van der Waals surface area contributed by atoms with E-state index in [-0.39, 0.29) is 12.1 Å². The Bertz CT molecular complexity index is 509. The van der Waals surface area contributed by atoms with Gasteiger partial charge in [-0.1, -0.05) is 48.4 Å². The van der Waals surface area contributed by atoms with E-state index in [9.17, 15) is 5.11 Å². The van der Waals surface area contributed by atoms with E-state index >= 15 is 0 Å². The largest absolute Gasteiger partial charge is 0.391 e. The minimum Gasteiger partial charge on any atom is -0.391 e. The smallest absolute Gasteiger partial charge is 0.113 e. The summed E-state index contributed by atoms with van der Waals surface area (Å²) in [7, 11) is 0. The number of nitrogens with zero attached hydrogens (tertiary/aromatic N) is 3. The topological polar surface area (TPSA) is 50.9 Å². The first-order chi connectivity index (χ1) is 8.84. The van der Waals surface area contributed by atoms with Crippen molar-refractivity contribution < 1.29 is 5.11 Å². The molecule has 1 N–H and O–H groups in total. The van der Waals surface area contributed by atoms with Crippen molar-refractivity contribution in [3.8, 4) is 11.3 Å². The molecule has 0 radical (unpaired) electrons. The Morgan fingerprint density at radius 3 is 2.67 bits per heavy atom. The molecule has 2 atom stereocenters. The van der Waals surface area contributed by atoms with Crippen LogP contribution in [-0.4, -0.2) is 26.2 Å². The molecule has 0 unspecified atom stereocenters. The predicted molar refractivity (Wildman–Crippen MR) is 69.0 cm³/mol. The van der Waals surface area contributed by atoms with Crippen molar-refractivity contribution in [1.82, 2.24) is 15.0 Å². The summed E-state index contributed by atoms with van der Waals surface area (Å²) in [5, 5.41) is 18.4. The van der Waals surface area contributed by atoms with Crippen LogP contribution >= 0.6 is 0 Å². The van der Waals surface area contributed by atoms with Crippen LogP contribution in [0.3, 0.4) is 0 Å². The van der Waals surface area contributed by atoms with Crippen LogP contribution in [0.25, 0.3) is 11.3 Å². The molecule has 1 saturated carbocycles. The van der Waals surface area contributed by atoms with E-state index in [1.807, 2.05) is 41.2 Å². The van der Waals surface area contributed by atoms with E-state index in [1.54, 1.807) is 0 Å². The fraction of sp³-hybridized carbons (Fsp3) is 0.429. The van der Waals surface area contributed by atoms with Gasteiger partial charge in [-0.05, 0) is 12.8 Å². The highest BCUT2D eigenvalue weighted by atomic mass is 16.3. The summed E-state index contributed by atoms with van der Waals surface area (Å²) in [6.07, 6.45) is 5.77. The lowest BCUT2D eigenvalue weighted by Crippen LogP contribution is -2.27. The van der Waals surface area contributed by atoms with E-state index < -0.39 is 0 Å². The van der Waals surface area contributed by atoms with Gasteiger partial charge < -0.3 is 5.11 Å². The van der Waals surface area contributed by atoms with Crippen molar-refractivity contribution in [2.45, 2.75) is 37.8 Å². The molecule has 0 spiro atoms. The van der Waals surface area contributed by atoms with Crippen LogP contribution in [0.2, 0.25) is 0 Å². The van der Waals surface area contributed by atoms with Crippen LogP contribution in [-0.2, 0) is 0 Å². The van der Waals surface area contributed by atoms with Gasteiger partial charge >= 0.3 is 0 Å². The second-order valence-electron chi connectivity index (χ2n) is 4.87. The molecule has 18 heavy (non-hydrogen) atoms. The molecule has 1 aliphatic carbocycles. The molecule has 2 aromatic rings. The van der Waals surface area contributed by atoms with Crippen molar-refractivity contribution in [1.29, 1.82) is 0 Å². The molecule has 1 heterocycles. The first-order valence-electron chi connectivity index (χ1n) is 6.50. The van der Waals surface area contributed by atoms with E-state index in [0.29, 0.717) is 0 Å². The van der Waals surface area contributed by atoms with Crippen LogP contribution in [0.4, 0.5) is 0 Å². The molecule has 1 aromatic carbocycles. The van der Waals surface area contributed by atoms with E-state index in [1.165, 1.54) is 0 Å². The van der Waals surface area contributed by atoms with Crippen LogP contribution < -0.4 is 0 Å². The minimum absolute atomic E-state index is 0.0868. The third-order valence-corrected chi connectivity index (χ3v) is 3.61. The molecule has 0 amide bonds. The van der Waals surface area contributed by atoms with Crippen molar-refractivity contribution in [2.75, 3.05) is 0 Å². The normalized spacial score (nSPS) is 24.1. The number of benzene rings is 1. The highest BCUT2D eigenvalue weighted by molar-refractivity contribution is 5.57. The number of hydrogen-bond acceptors (Lipinski definition) is 3. The van der Waals surface area contributed by atoms with Gasteiger partial charge in [-0.2, -0.15) is 0 Å². The van der Waals surface area contributed by atoms with Crippen LogP contribution in [0.5, 0.6) is 0 Å². The lowest BCUT2D eigenvalue weighted by molar-refractivity contribution is 0.0685. The zero-order valence-electron chi connectivity index (χ0n) is 10.2. The summed E-state index contributed by atoms with van der Waals surface area (Å²) in [6.45, 7) is 0. The highest BCUT2D eigenvalue weighted by Gasteiger charge is 2.25. The van der Waals surface area contributed by atoms with Crippen LogP contribution in [0.15, 0.2) is 36.5 Å². The number of rotatable bonds is 2. The summed E-state index contributed by atoms with van der Waals surface area (Å²) in [5.41, 5.74) is 1.93. The molecule has 0 bridgehead atoms. The zero-order chi connectivity index (χ0) is 12.4. The zero-order valence-corrected chi connectivity index (χ0v) is 10.2. The number of aromatic nitrogens is 3. The van der Waals surface area contributed by atoms with Gasteiger partial charge in [0.1, 0.15) is 5.69 Å². The van der Waals surface area contributed by atoms with E-state index in [2.05, 4.69) is 10.3 Å².